The van der Waals surface area contributed by atoms with Crippen molar-refractivity contribution in [3.8, 4) is 0 Å². The number of hydrogen-bond acceptors (Lipinski definition) is 4. The van der Waals surface area contributed by atoms with E-state index in [0.29, 0.717) is 23.0 Å². The first-order valence-corrected chi connectivity index (χ1v) is 8.44. The van der Waals surface area contributed by atoms with Gasteiger partial charge in [0.2, 0.25) is 0 Å². The molecule has 25 heavy (non-hydrogen) atoms. The second-order valence-electron chi connectivity index (χ2n) is 5.77. The maximum absolute atomic E-state index is 12.7. The summed E-state index contributed by atoms with van der Waals surface area (Å²) in [6.45, 7) is 2.40. The van der Waals surface area contributed by atoms with Crippen molar-refractivity contribution in [1.82, 2.24) is 10.6 Å². The number of ether oxygens (including phenoxy) is 2. The number of hydrogen-bond donors (Lipinski definition) is 2. The standard InChI is InChI=1S/C19H20N2O3S/c1-12-16(18(22)24-11-10-23-2)17(21-19(25)20-12)15-9-5-7-13-6-3-4-8-14(13)15/h3-9,17H,10-11H2,1-2H3,(H2,20,21,25)/t17-/m0/s1. The summed E-state index contributed by atoms with van der Waals surface area (Å²) in [5.41, 5.74) is 2.21. The van der Waals surface area contributed by atoms with Crippen LogP contribution in [0.2, 0.25) is 0 Å². The number of benzene rings is 2. The van der Waals surface area contributed by atoms with E-state index in [9.17, 15) is 4.79 Å². The highest BCUT2D eigenvalue weighted by atomic mass is 32.1. The third-order valence-electron chi connectivity index (χ3n) is 4.14. The van der Waals surface area contributed by atoms with Crippen LogP contribution in [0.1, 0.15) is 18.5 Å². The van der Waals surface area contributed by atoms with E-state index in [1.54, 1.807) is 7.11 Å². The van der Waals surface area contributed by atoms with Gasteiger partial charge >= 0.3 is 5.97 Å². The quantitative estimate of drug-likeness (QED) is 0.488. The first-order chi connectivity index (χ1) is 12.1. The molecule has 0 aliphatic carbocycles. The maximum Gasteiger partial charge on any atom is 0.338 e. The summed E-state index contributed by atoms with van der Waals surface area (Å²) in [6.07, 6.45) is 0. The predicted molar refractivity (Wildman–Crippen MR) is 101 cm³/mol. The Morgan fingerprint density at radius 1 is 1.16 bits per heavy atom. The molecule has 0 aromatic heterocycles. The Morgan fingerprint density at radius 2 is 1.92 bits per heavy atom. The minimum Gasteiger partial charge on any atom is -0.460 e. The second-order valence-corrected chi connectivity index (χ2v) is 6.18. The Hall–Kier alpha value is -2.44. The van der Waals surface area contributed by atoms with E-state index >= 15 is 0 Å². The molecule has 0 radical (unpaired) electrons. The van der Waals surface area contributed by atoms with E-state index in [-0.39, 0.29) is 18.6 Å². The molecule has 5 nitrogen and oxygen atoms in total. The molecule has 0 fully saturated rings. The zero-order chi connectivity index (χ0) is 17.8. The van der Waals surface area contributed by atoms with Crippen LogP contribution in [0.25, 0.3) is 10.8 Å². The minimum absolute atomic E-state index is 0.207. The number of carbonyl (C=O) groups excluding carboxylic acids is 1. The van der Waals surface area contributed by atoms with Gasteiger partial charge in [0.15, 0.2) is 5.11 Å². The third kappa shape index (κ3) is 3.65. The third-order valence-corrected chi connectivity index (χ3v) is 4.36. The molecule has 2 aromatic rings. The Labute approximate surface area is 152 Å². The zero-order valence-corrected chi connectivity index (χ0v) is 15.0. The van der Waals surface area contributed by atoms with Gasteiger partial charge in [0.05, 0.1) is 18.2 Å². The molecule has 1 aliphatic rings. The molecule has 6 heteroatoms. The van der Waals surface area contributed by atoms with Crippen LogP contribution < -0.4 is 10.6 Å². The van der Waals surface area contributed by atoms with Crippen molar-refractivity contribution in [2.75, 3.05) is 20.3 Å². The fourth-order valence-corrected chi connectivity index (χ4v) is 3.27. The Bertz CT molecular complexity index is 842. The van der Waals surface area contributed by atoms with Crippen LogP contribution in [0.3, 0.4) is 0 Å². The van der Waals surface area contributed by atoms with Crippen molar-refractivity contribution in [2.24, 2.45) is 0 Å². The molecule has 0 saturated carbocycles. The van der Waals surface area contributed by atoms with E-state index in [4.69, 9.17) is 21.7 Å². The minimum atomic E-state index is -0.380. The average Bonchev–Trinajstić information content (AvgIpc) is 2.60. The summed E-state index contributed by atoms with van der Waals surface area (Å²) in [4.78, 5) is 12.7. The molecular weight excluding hydrogens is 336 g/mol. The molecule has 130 valence electrons. The SMILES string of the molecule is COCCOC(=O)C1=C(C)NC(=S)N[C@H]1c1cccc2ccccc12. The molecule has 2 aromatic carbocycles. The molecule has 0 spiro atoms. The lowest BCUT2D eigenvalue weighted by Crippen LogP contribution is -2.45. The largest absolute Gasteiger partial charge is 0.460 e. The highest BCUT2D eigenvalue weighted by Crippen LogP contribution is 2.32. The highest BCUT2D eigenvalue weighted by Gasteiger charge is 2.31. The molecule has 0 amide bonds. The smallest absolute Gasteiger partial charge is 0.338 e. The van der Waals surface area contributed by atoms with E-state index in [1.165, 1.54) is 0 Å². The monoisotopic (exact) mass is 356 g/mol. The number of methoxy groups -OCH3 is 1. The van der Waals surface area contributed by atoms with Gasteiger partial charge in [0.1, 0.15) is 6.61 Å². The number of carbonyl (C=O) groups is 1. The second kappa shape index (κ2) is 7.63. The maximum atomic E-state index is 12.7. The van der Waals surface area contributed by atoms with Gasteiger partial charge in [-0.15, -0.1) is 0 Å². The molecule has 1 heterocycles. The van der Waals surface area contributed by atoms with Gasteiger partial charge in [0.25, 0.3) is 0 Å². The molecular formula is C19H20N2O3S. The summed E-state index contributed by atoms with van der Waals surface area (Å²) < 4.78 is 10.3. The van der Waals surface area contributed by atoms with Crippen molar-refractivity contribution in [3.63, 3.8) is 0 Å². The van der Waals surface area contributed by atoms with Crippen LogP contribution in [0.5, 0.6) is 0 Å². The van der Waals surface area contributed by atoms with Crippen molar-refractivity contribution in [3.05, 3.63) is 59.3 Å². The van der Waals surface area contributed by atoms with E-state index in [1.807, 2.05) is 49.4 Å². The number of rotatable bonds is 5. The van der Waals surface area contributed by atoms with Crippen molar-refractivity contribution in [2.45, 2.75) is 13.0 Å². The summed E-state index contributed by atoms with van der Waals surface area (Å²) >= 11 is 5.30. The van der Waals surface area contributed by atoms with Crippen LogP contribution in [-0.4, -0.2) is 31.4 Å². The normalized spacial score (nSPS) is 17.2. The zero-order valence-electron chi connectivity index (χ0n) is 14.2. The average molecular weight is 356 g/mol. The van der Waals surface area contributed by atoms with Gasteiger partial charge in [-0.25, -0.2) is 4.79 Å². The van der Waals surface area contributed by atoms with Crippen LogP contribution in [0, 0.1) is 0 Å². The van der Waals surface area contributed by atoms with Gasteiger partial charge in [-0.1, -0.05) is 42.5 Å². The van der Waals surface area contributed by atoms with Crippen molar-refractivity contribution < 1.29 is 14.3 Å². The van der Waals surface area contributed by atoms with Gasteiger partial charge in [-0.3, -0.25) is 0 Å². The first kappa shape index (κ1) is 17.4. The summed E-state index contributed by atoms with van der Waals surface area (Å²) in [6, 6.07) is 13.7. The molecule has 0 unspecified atom stereocenters. The van der Waals surface area contributed by atoms with E-state index in [0.717, 1.165) is 16.3 Å². The summed E-state index contributed by atoms with van der Waals surface area (Å²) in [5, 5.41) is 8.89. The highest BCUT2D eigenvalue weighted by molar-refractivity contribution is 7.80. The summed E-state index contributed by atoms with van der Waals surface area (Å²) in [7, 11) is 1.57. The molecule has 0 saturated heterocycles. The molecule has 0 bridgehead atoms. The molecule has 3 rings (SSSR count). The van der Waals surface area contributed by atoms with Crippen LogP contribution in [-0.2, 0) is 14.3 Å². The number of allylic oxidation sites excluding steroid dienone is 1. The lowest BCUT2D eigenvalue weighted by molar-refractivity contribution is -0.140. The van der Waals surface area contributed by atoms with Crippen LogP contribution in [0.15, 0.2) is 53.7 Å². The van der Waals surface area contributed by atoms with E-state index < -0.39 is 0 Å². The number of esters is 1. The van der Waals surface area contributed by atoms with Gasteiger partial charge < -0.3 is 20.1 Å². The van der Waals surface area contributed by atoms with E-state index in [2.05, 4.69) is 10.6 Å². The first-order valence-electron chi connectivity index (χ1n) is 8.04. The fourth-order valence-electron chi connectivity index (χ4n) is 3.00. The fraction of sp³-hybridized carbons (Fsp3) is 0.263. The number of nitrogens with one attached hydrogen (secondary N) is 2. The number of fused-ring (bicyclic) bond motifs is 1. The van der Waals surface area contributed by atoms with Crippen molar-refractivity contribution >= 4 is 34.1 Å². The molecule has 2 N–H and O–H groups in total. The van der Waals surface area contributed by atoms with Gasteiger partial charge in [0, 0.05) is 12.8 Å². The van der Waals surface area contributed by atoms with Crippen molar-refractivity contribution in [1.29, 1.82) is 0 Å². The Morgan fingerprint density at radius 3 is 2.72 bits per heavy atom. The van der Waals surface area contributed by atoms with Gasteiger partial charge in [-0.05, 0) is 35.5 Å². The van der Waals surface area contributed by atoms with Crippen LogP contribution in [0.4, 0.5) is 0 Å². The predicted octanol–water partition coefficient (Wildman–Crippen LogP) is 2.82. The lowest BCUT2D eigenvalue weighted by atomic mass is 9.91. The number of thiocarbonyl (C=S) groups is 1. The van der Waals surface area contributed by atoms with Crippen LogP contribution >= 0.6 is 12.2 Å². The van der Waals surface area contributed by atoms with Gasteiger partial charge in [-0.2, -0.15) is 0 Å². The Balaban J connectivity index is 2.03. The lowest BCUT2D eigenvalue weighted by Gasteiger charge is -2.30. The Kier molecular flexibility index (Phi) is 5.31. The summed E-state index contributed by atoms with van der Waals surface area (Å²) in [5.74, 6) is -0.380. The molecule has 1 atom stereocenters. The molecule has 1 aliphatic heterocycles. The topological polar surface area (TPSA) is 59.6 Å².